The van der Waals surface area contributed by atoms with Gasteiger partial charge < -0.3 is 10.0 Å². The molecular formula is C14H13FN2O4. The van der Waals surface area contributed by atoms with E-state index in [4.69, 9.17) is 5.11 Å². The van der Waals surface area contributed by atoms with E-state index in [2.05, 4.69) is 5.32 Å². The first-order chi connectivity index (χ1) is 10.0. The second-order valence-electron chi connectivity index (χ2n) is 5.16. The average Bonchev–Trinajstić information content (AvgIpc) is 2.77. The van der Waals surface area contributed by atoms with Gasteiger partial charge in [-0.25, -0.2) is 4.39 Å². The van der Waals surface area contributed by atoms with Crippen LogP contribution in [0, 0.1) is 5.82 Å². The number of imide groups is 1. The molecule has 1 saturated heterocycles. The third kappa shape index (κ3) is 2.19. The lowest BCUT2D eigenvalue weighted by molar-refractivity contribution is -0.136. The number of rotatable bonds is 2. The van der Waals surface area contributed by atoms with Gasteiger partial charge in [-0.1, -0.05) is 0 Å². The zero-order valence-corrected chi connectivity index (χ0v) is 11.1. The first kappa shape index (κ1) is 13.7. The van der Waals surface area contributed by atoms with Crippen LogP contribution in [0.25, 0.3) is 0 Å². The fourth-order valence-corrected chi connectivity index (χ4v) is 2.76. The SMILES string of the molecule is O=C1CCC(N2Cc3c(F)cc(CO)cc3C2=O)C(=O)N1. The number of carbonyl (C=O) groups excluding carboxylic acids is 3. The van der Waals surface area contributed by atoms with Crippen molar-refractivity contribution in [1.29, 1.82) is 0 Å². The molecular weight excluding hydrogens is 279 g/mol. The molecule has 110 valence electrons. The van der Waals surface area contributed by atoms with Crippen LogP contribution >= 0.6 is 0 Å². The van der Waals surface area contributed by atoms with Gasteiger partial charge in [-0.3, -0.25) is 19.7 Å². The lowest BCUT2D eigenvalue weighted by Gasteiger charge is -2.29. The van der Waals surface area contributed by atoms with E-state index < -0.39 is 23.7 Å². The van der Waals surface area contributed by atoms with Crippen molar-refractivity contribution >= 4 is 17.7 Å². The molecule has 0 spiro atoms. The molecule has 3 amide bonds. The molecule has 0 radical (unpaired) electrons. The lowest BCUT2D eigenvalue weighted by Crippen LogP contribution is -2.52. The molecule has 6 nitrogen and oxygen atoms in total. The number of nitrogens with zero attached hydrogens (tertiary/aromatic N) is 1. The van der Waals surface area contributed by atoms with Gasteiger partial charge in [-0.05, 0) is 24.1 Å². The Morgan fingerprint density at radius 3 is 2.76 bits per heavy atom. The molecule has 1 atom stereocenters. The molecule has 0 aliphatic carbocycles. The maximum Gasteiger partial charge on any atom is 0.255 e. The van der Waals surface area contributed by atoms with Crippen molar-refractivity contribution in [3.05, 3.63) is 34.6 Å². The minimum Gasteiger partial charge on any atom is -0.392 e. The summed E-state index contributed by atoms with van der Waals surface area (Å²) < 4.78 is 14.0. The summed E-state index contributed by atoms with van der Waals surface area (Å²) in [5.41, 5.74) is 0.704. The number of carbonyl (C=O) groups is 3. The Balaban J connectivity index is 1.92. The number of aliphatic hydroxyl groups is 1. The second kappa shape index (κ2) is 4.92. The van der Waals surface area contributed by atoms with Crippen LogP contribution in [0.15, 0.2) is 12.1 Å². The standard InChI is InChI=1S/C14H13FN2O4/c15-10-4-7(6-18)3-8-9(10)5-17(14(8)21)11-1-2-12(19)16-13(11)20/h3-4,11,18H,1-2,5-6H2,(H,16,19,20). The van der Waals surface area contributed by atoms with Crippen molar-refractivity contribution in [2.24, 2.45) is 0 Å². The van der Waals surface area contributed by atoms with Crippen LogP contribution in [0.4, 0.5) is 4.39 Å². The molecule has 2 aliphatic rings. The van der Waals surface area contributed by atoms with Crippen LogP contribution in [-0.4, -0.2) is 33.8 Å². The summed E-state index contributed by atoms with van der Waals surface area (Å²) in [5.74, 6) is -1.92. The summed E-state index contributed by atoms with van der Waals surface area (Å²) in [7, 11) is 0. The van der Waals surface area contributed by atoms with Gasteiger partial charge in [0.15, 0.2) is 0 Å². The van der Waals surface area contributed by atoms with Gasteiger partial charge in [0.25, 0.3) is 5.91 Å². The van der Waals surface area contributed by atoms with Crippen molar-refractivity contribution < 1.29 is 23.9 Å². The van der Waals surface area contributed by atoms with E-state index in [1.165, 1.54) is 17.0 Å². The summed E-state index contributed by atoms with van der Waals surface area (Å²) in [4.78, 5) is 36.6. The second-order valence-corrected chi connectivity index (χ2v) is 5.16. The molecule has 1 aromatic carbocycles. The predicted octanol–water partition coefficient (Wildman–Crippen LogP) is 0.0790. The van der Waals surface area contributed by atoms with E-state index >= 15 is 0 Å². The Labute approximate surface area is 119 Å². The van der Waals surface area contributed by atoms with Crippen LogP contribution in [-0.2, 0) is 22.7 Å². The zero-order valence-electron chi connectivity index (χ0n) is 11.1. The summed E-state index contributed by atoms with van der Waals surface area (Å²) in [5, 5.41) is 11.3. The molecule has 1 fully saturated rings. The minimum absolute atomic E-state index is 0.00200. The topological polar surface area (TPSA) is 86.7 Å². The Kier molecular flexibility index (Phi) is 3.21. The van der Waals surface area contributed by atoms with E-state index in [9.17, 15) is 18.8 Å². The van der Waals surface area contributed by atoms with E-state index in [0.717, 1.165) is 0 Å². The van der Waals surface area contributed by atoms with Gasteiger partial charge in [0.05, 0.1) is 13.2 Å². The summed E-state index contributed by atoms with van der Waals surface area (Å²) >= 11 is 0. The summed E-state index contributed by atoms with van der Waals surface area (Å²) in [6.45, 7) is -0.367. The number of hydrogen-bond acceptors (Lipinski definition) is 4. The first-order valence-electron chi connectivity index (χ1n) is 6.58. The molecule has 0 saturated carbocycles. The monoisotopic (exact) mass is 292 g/mol. The average molecular weight is 292 g/mol. The lowest BCUT2D eigenvalue weighted by atomic mass is 10.0. The molecule has 2 aliphatic heterocycles. The molecule has 7 heteroatoms. The maximum absolute atomic E-state index is 14.0. The molecule has 2 N–H and O–H groups in total. The van der Waals surface area contributed by atoms with E-state index in [-0.39, 0.29) is 43.0 Å². The normalized spacial score (nSPS) is 21.5. The van der Waals surface area contributed by atoms with E-state index in [0.29, 0.717) is 5.56 Å². The van der Waals surface area contributed by atoms with Crippen LogP contribution < -0.4 is 5.32 Å². The third-order valence-corrected chi connectivity index (χ3v) is 3.84. The highest BCUT2D eigenvalue weighted by atomic mass is 19.1. The van der Waals surface area contributed by atoms with Crippen LogP contribution in [0.2, 0.25) is 0 Å². The molecule has 3 rings (SSSR count). The zero-order chi connectivity index (χ0) is 15.1. The van der Waals surface area contributed by atoms with Crippen molar-refractivity contribution in [1.82, 2.24) is 10.2 Å². The van der Waals surface area contributed by atoms with Gasteiger partial charge in [0.2, 0.25) is 11.8 Å². The van der Waals surface area contributed by atoms with Gasteiger partial charge in [0.1, 0.15) is 11.9 Å². The highest BCUT2D eigenvalue weighted by molar-refractivity contribution is 6.05. The number of amides is 3. The van der Waals surface area contributed by atoms with Gasteiger partial charge >= 0.3 is 0 Å². The summed E-state index contributed by atoms with van der Waals surface area (Å²) in [6.07, 6.45) is 0.389. The molecule has 0 bridgehead atoms. The maximum atomic E-state index is 14.0. The first-order valence-corrected chi connectivity index (χ1v) is 6.58. The quantitative estimate of drug-likeness (QED) is 0.756. The minimum atomic E-state index is -0.764. The highest BCUT2D eigenvalue weighted by Gasteiger charge is 2.40. The van der Waals surface area contributed by atoms with E-state index in [1.807, 2.05) is 0 Å². The smallest absolute Gasteiger partial charge is 0.255 e. The number of benzene rings is 1. The Hall–Kier alpha value is -2.28. The Morgan fingerprint density at radius 1 is 1.33 bits per heavy atom. The molecule has 1 unspecified atom stereocenters. The van der Waals surface area contributed by atoms with E-state index in [1.54, 1.807) is 0 Å². The van der Waals surface area contributed by atoms with Crippen LogP contribution in [0.1, 0.15) is 34.3 Å². The molecule has 1 aromatic rings. The van der Waals surface area contributed by atoms with Gasteiger partial charge in [-0.2, -0.15) is 0 Å². The number of aliphatic hydroxyl groups excluding tert-OH is 1. The highest BCUT2D eigenvalue weighted by Crippen LogP contribution is 2.30. The fraction of sp³-hybridized carbons (Fsp3) is 0.357. The van der Waals surface area contributed by atoms with Crippen LogP contribution in [0.5, 0.6) is 0 Å². The van der Waals surface area contributed by atoms with Gasteiger partial charge in [0, 0.05) is 17.5 Å². The van der Waals surface area contributed by atoms with Crippen LogP contribution in [0.3, 0.4) is 0 Å². The number of fused-ring (bicyclic) bond motifs is 1. The van der Waals surface area contributed by atoms with Crippen molar-refractivity contribution in [3.63, 3.8) is 0 Å². The predicted molar refractivity (Wildman–Crippen MR) is 68.4 cm³/mol. The molecule has 0 aromatic heterocycles. The number of halogens is 1. The van der Waals surface area contributed by atoms with Gasteiger partial charge in [-0.15, -0.1) is 0 Å². The number of piperidine rings is 1. The van der Waals surface area contributed by atoms with Crippen molar-refractivity contribution in [2.75, 3.05) is 0 Å². The number of nitrogens with one attached hydrogen (secondary N) is 1. The number of hydrogen-bond donors (Lipinski definition) is 2. The molecule has 2 heterocycles. The molecule has 21 heavy (non-hydrogen) atoms. The fourth-order valence-electron chi connectivity index (χ4n) is 2.76. The third-order valence-electron chi connectivity index (χ3n) is 3.84. The summed E-state index contributed by atoms with van der Waals surface area (Å²) in [6, 6.07) is 1.85. The van der Waals surface area contributed by atoms with Crippen molar-refractivity contribution in [2.45, 2.75) is 32.0 Å². The Morgan fingerprint density at radius 2 is 2.10 bits per heavy atom. The Bertz CT molecular complexity index is 659. The largest absolute Gasteiger partial charge is 0.392 e. The van der Waals surface area contributed by atoms with Crippen molar-refractivity contribution in [3.8, 4) is 0 Å².